The maximum absolute atomic E-state index is 12.2. The van der Waals surface area contributed by atoms with E-state index in [2.05, 4.69) is 6.92 Å². The number of halogens is 2. The van der Waals surface area contributed by atoms with Gasteiger partial charge in [-0.15, -0.1) is 0 Å². The number of unbranched alkanes of at least 4 members (excludes halogenated alkanes) is 7. The normalized spacial score (nSPS) is 10.6. The van der Waals surface area contributed by atoms with Crippen molar-refractivity contribution in [2.24, 2.45) is 0 Å². The van der Waals surface area contributed by atoms with Gasteiger partial charge in [0.1, 0.15) is 5.75 Å². The van der Waals surface area contributed by atoms with Crippen LogP contribution in [0.25, 0.3) is 0 Å². The van der Waals surface area contributed by atoms with Gasteiger partial charge in [-0.25, -0.2) is 9.59 Å². The first kappa shape index (κ1) is 24.2. The number of benzene rings is 2. The molecule has 30 heavy (non-hydrogen) atoms. The summed E-state index contributed by atoms with van der Waals surface area (Å²) in [5.74, 6) is -0.641. The quantitative estimate of drug-likeness (QED) is 0.190. The predicted octanol–water partition coefficient (Wildman–Crippen LogP) is 7.51. The van der Waals surface area contributed by atoms with Crippen molar-refractivity contribution in [3.8, 4) is 5.75 Å². The van der Waals surface area contributed by atoms with Gasteiger partial charge in [0.25, 0.3) is 0 Å². The number of carbonyl (C=O) groups is 2. The van der Waals surface area contributed by atoms with Crippen LogP contribution in [0.4, 0.5) is 0 Å². The van der Waals surface area contributed by atoms with Gasteiger partial charge in [0, 0.05) is 6.07 Å². The van der Waals surface area contributed by atoms with E-state index in [9.17, 15) is 9.59 Å². The summed E-state index contributed by atoms with van der Waals surface area (Å²) in [6.45, 7) is 2.63. The van der Waals surface area contributed by atoms with E-state index in [4.69, 9.17) is 32.7 Å². The molecule has 0 aromatic heterocycles. The third-order valence-corrected chi connectivity index (χ3v) is 5.43. The van der Waals surface area contributed by atoms with Crippen molar-refractivity contribution in [2.75, 3.05) is 6.61 Å². The highest BCUT2D eigenvalue weighted by Gasteiger charge is 2.12. The van der Waals surface area contributed by atoms with Gasteiger partial charge in [-0.2, -0.15) is 0 Å². The van der Waals surface area contributed by atoms with E-state index in [1.807, 2.05) is 0 Å². The Morgan fingerprint density at radius 2 is 1.30 bits per heavy atom. The molecule has 0 aliphatic carbocycles. The first-order valence-corrected chi connectivity index (χ1v) is 11.2. The molecule has 0 radical (unpaired) electrons. The predicted molar refractivity (Wildman–Crippen MR) is 121 cm³/mol. The van der Waals surface area contributed by atoms with Gasteiger partial charge in [0.2, 0.25) is 0 Å². The first-order chi connectivity index (χ1) is 14.5. The number of rotatable bonds is 12. The molecule has 0 heterocycles. The third kappa shape index (κ3) is 8.37. The number of hydrogen-bond donors (Lipinski definition) is 0. The molecule has 0 N–H and O–H groups in total. The third-order valence-electron chi connectivity index (χ3n) is 4.69. The van der Waals surface area contributed by atoms with Crippen LogP contribution < -0.4 is 4.74 Å². The van der Waals surface area contributed by atoms with Gasteiger partial charge in [0.15, 0.2) is 0 Å². The highest BCUT2D eigenvalue weighted by Crippen LogP contribution is 2.26. The molecule has 0 fully saturated rings. The Bertz CT molecular complexity index is 818. The average Bonchev–Trinajstić information content (AvgIpc) is 2.75. The van der Waals surface area contributed by atoms with E-state index in [-0.39, 0.29) is 5.97 Å². The number of carbonyl (C=O) groups excluding carboxylic acids is 2. The molecular weight excluding hydrogens is 423 g/mol. The summed E-state index contributed by atoms with van der Waals surface area (Å²) in [6, 6.07) is 10.8. The molecule has 4 nitrogen and oxygen atoms in total. The SMILES string of the molecule is CCCCCCCCCCOC(=O)c1ccc(C(=O)Oc2ccc(Cl)c(Cl)c2)cc1. The second-order valence-corrected chi connectivity index (χ2v) is 7.97. The van der Waals surface area contributed by atoms with E-state index in [1.165, 1.54) is 56.7 Å². The fourth-order valence-corrected chi connectivity index (χ4v) is 3.22. The summed E-state index contributed by atoms with van der Waals surface area (Å²) in [5, 5.41) is 0.683. The van der Waals surface area contributed by atoms with Gasteiger partial charge < -0.3 is 9.47 Å². The number of ether oxygens (including phenoxy) is 2. The smallest absolute Gasteiger partial charge is 0.343 e. The van der Waals surface area contributed by atoms with E-state index in [0.717, 1.165) is 12.8 Å². The maximum atomic E-state index is 12.2. The molecule has 2 rings (SSSR count). The second-order valence-electron chi connectivity index (χ2n) is 7.15. The fraction of sp³-hybridized carbons (Fsp3) is 0.417. The highest BCUT2D eigenvalue weighted by molar-refractivity contribution is 6.42. The molecule has 0 saturated heterocycles. The molecule has 162 valence electrons. The Hall–Kier alpha value is -2.04. The van der Waals surface area contributed by atoms with Crippen molar-refractivity contribution < 1.29 is 19.1 Å². The first-order valence-electron chi connectivity index (χ1n) is 10.5. The molecule has 0 spiro atoms. The van der Waals surface area contributed by atoms with Crippen molar-refractivity contribution in [1.82, 2.24) is 0 Å². The Morgan fingerprint density at radius 3 is 1.90 bits per heavy atom. The van der Waals surface area contributed by atoms with Crippen LogP contribution in [0.1, 0.15) is 79.0 Å². The van der Waals surface area contributed by atoms with Crippen LogP contribution in [0.5, 0.6) is 5.75 Å². The molecule has 2 aromatic rings. The summed E-state index contributed by atoms with van der Waals surface area (Å²) < 4.78 is 10.6. The summed E-state index contributed by atoms with van der Waals surface area (Å²) in [7, 11) is 0. The average molecular weight is 451 g/mol. The molecule has 0 atom stereocenters. The second kappa shape index (κ2) is 13.3. The summed E-state index contributed by atoms with van der Waals surface area (Å²) >= 11 is 11.8. The molecule has 0 aliphatic heterocycles. The van der Waals surface area contributed by atoms with Crippen molar-refractivity contribution in [2.45, 2.75) is 58.3 Å². The van der Waals surface area contributed by atoms with Gasteiger partial charge in [-0.05, 0) is 42.8 Å². The topological polar surface area (TPSA) is 52.6 Å². The Balaban J connectivity index is 1.71. The minimum atomic E-state index is -0.549. The monoisotopic (exact) mass is 450 g/mol. The molecule has 0 saturated carbocycles. The van der Waals surface area contributed by atoms with Crippen LogP contribution in [0.15, 0.2) is 42.5 Å². The van der Waals surface area contributed by atoms with Crippen molar-refractivity contribution in [3.05, 3.63) is 63.6 Å². The van der Waals surface area contributed by atoms with Gasteiger partial charge >= 0.3 is 11.9 Å². The van der Waals surface area contributed by atoms with Gasteiger partial charge in [0.05, 0.1) is 27.8 Å². The summed E-state index contributed by atoms with van der Waals surface area (Å²) in [4.78, 5) is 24.4. The van der Waals surface area contributed by atoms with Crippen LogP contribution in [0, 0.1) is 0 Å². The maximum Gasteiger partial charge on any atom is 0.343 e. The van der Waals surface area contributed by atoms with Crippen molar-refractivity contribution >= 4 is 35.1 Å². The van der Waals surface area contributed by atoms with Gasteiger partial charge in [-0.3, -0.25) is 0 Å². The lowest BCUT2D eigenvalue weighted by Gasteiger charge is -2.07. The minimum Gasteiger partial charge on any atom is -0.462 e. The van der Waals surface area contributed by atoms with Crippen LogP contribution in [-0.2, 0) is 4.74 Å². The van der Waals surface area contributed by atoms with Crippen LogP contribution in [0.2, 0.25) is 10.0 Å². The van der Waals surface area contributed by atoms with E-state index < -0.39 is 5.97 Å². The lowest BCUT2D eigenvalue weighted by Crippen LogP contribution is -2.10. The summed E-state index contributed by atoms with van der Waals surface area (Å²) in [6.07, 6.45) is 9.52. The molecule has 2 aromatic carbocycles. The lowest BCUT2D eigenvalue weighted by atomic mass is 10.1. The van der Waals surface area contributed by atoms with E-state index in [0.29, 0.717) is 33.5 Å². The van der Waals surface area contributed by atoms with Crippen LogP contribution in [0.3, 0.4) is 0 Å². The molecule has 0 aliphatic rings. The Morgan fingerprint density at radius 1 is 0.733 bits per heavy atom. The van der Waals surface area contributed by atoms with Crippen LogP contribution in [-0.4, -0.2) is 18.5 Å². The van der Waals surface area contributed by atoms with Gasteiger partial charge in [-0.1, -0.05) is 75.1 Å². The molecule has 0 bridgehead atoms. The standard InChI is InChI=1S/C24H28Cl2O4/c1-2-3-4-5-6-7-8-9-16-29-23(27)18-10-12-19(13-11-18)24(28)30-20-14-15-21(25)22(26)17-20/h10-15,17H,2-9,16H2,1H3. The van der Waals surface area contributed by atoms with Crippen molar-refractivity contribution in [1.29, 1.82) is 0 Å². The molecule has 0 amide bonds. The highest BCUT2D eigenvalue weighted by atomic mass is 35.5. The minimum absolute atomic E-state index is 0.295. The fourth-order valence-electron chi connectivity index (χ4n) is 2.93. The Labute approximate surface area is 188 Å². The number of esters is 2. The zero-order valence-corrected chi connectivity index (χ0v) is 18.8. The van der Waals surface area contributed by atoms with Crippen LogP contribution >= 0.6 is 23.2 Å². The zero-order valence-electron chi connectivity index (χ0n) is 17.3. The number of hydrogen-bond acceptors (Lipinski definition) is 4. The molecular formula is C24H28Cl2O4. The van der Waals surface area contributed by atoms with Crippen molar-refractivity contribution in [3.63, 3.8) is 0 Å². The molecule has 0 unspecified atom stereocenters. The van der Waals surface area contributed by atoms with E-state index >= 15 is 0 Å². The lowest BCUT2D eigenvalue weighted by molar-refractivity contribution is 0.0497. The summed E-state index contributed by atoms with van der Waals surface area (Å²) in [5.41, 5.74) is 0.723. The van der Waals surface area contributed by atoms with E-state index in [1.54, 1.807) is 24.3 Å². The zero-order chi connectivity index (χ0) is 21.8. The molecule has 6 heteroatoms. The Kier molecular flexibility index (Phi) is 10.7. The largest absolute Gasteiger partial charge is 0.462 e.